The quantitative estimate of drug-likeness (QED) is 0.223. The number of nitrogens with two attached hydrogens (primary N) is 2. The zero-order valence-corrected chi connectivity index (χ0v) is 27.7. The molecule has 1 aliphatic carbocycles. The summed E-state index contributed by atoms with van der Waals surface area (Å²) in [4.78, 5) is 32.3. The summed E-state index contributed by atoms with van der Waals surface area (Å²) in [6.07, 6.45) is 1.32. The number of benzene rings is 1. The molecule has 1 aromatic carbocycles. The number of carbonyl (C=O) groups excluding carboxylic acids is 2. The maximum Gasteiger partial charge on any atom is 0.276 e. The van der Waals surface area contributed by atoms with Crippen LogP contribution in [0.25, 0.3) is 0 Å². The van der Waals surface area contributed by atoms with E-state index < -0.39 is 21.9 Å². The normalized spacial score (nSPS) is 22.9. The van der Waals surface area contributed by atoms with Crippen molar-refractivity contribution >= 4 is 44.9 Å². The average Bonchev–Trinajstić information content (AvgIpc) is 3.41. The van der Waals surface area contributed by atoms with Gasteiger partial charge in [0.05, 0.1) is 18.1 Å². The lowest BCUT2D eigenvalue weighted by molar-refractivity contribution is -0.129. The van der Waals surface area contributed by atoms with Crippen LogP contribution in [0.5, 0.6) is 0 Å². The fourth-order valence-electron chi connectivity index (χ4n) is 6.46. The van der Waals surface area contributed by atoms with Crippen molar-refractivity contribution in [1.29, 1.82) is 0 Å². The second-order valence-electron chi connectivity index (χ2n) is 12.3. The molecule has 0 spiro atoms. The Morgan fingerprint density at radius 2 is 1.74 bits per heavy atom. The third-order valence-electron chi connectivity index (χ3n) is 9.09. The fourth-order valence-corrected chi connectivity index (χ4v) is 8.08. The highest BCUT2D eigenvalue weighted by Gasteiger charge is 2.44. The molecule has 0 bridgehead atoms. The minimum Gasteiger partial charge on any atom is -0.378 e. The van der Waals surface area contributed by atoms with Crippen molar-refractivity contribution in [1.82, 2.24) is 14.6 Å². The van der Waals surface area contributed by atoms with Crippen LogP contribution in [-0.2, 0) is 30.3 Å². The van der Waals surface area contributed by atoms with Crippen LogP contribution < -0.4 is 26.6 Å². The number of nitrogens with zero attached hydrogens (tertiary/aromatic N) is 4. The van der Waals surface area contributed by atoms with Gasteiger partial charge in [0.2, 0.25) is 21.8 Å². The highest BCUT2D eigenvalue weighted by Crippen LogP contribution is 2.46. The Morgan fingerprint density at radius 3 is 2.36 bits per heavy atom. The van der Waals surface area contributed by atoms with Gasteiger partial charge in [-0.1, -0.05) is 11.6 Å². The number of pyridine rings is 1. The van der Waals surface area contributed by atoms with E-state index in [0.717, 1.165) is 0 Å². The molecule has 2 saturated heterocycles. The Balaban J connectivity index is 1.17. The molecule has 258 valence electrons. The average molecular weight is 698 g/mol. The number of rotatable bonds is 12. The van der Waals surface area contributed by atoms with Crippen LogP contribution in [-0.4, -0.2) is 94.6 Å². The third kappa shape index (κ3) is 8.20. The number of halogens is 3. The van der Waals surface area contributed by atoms with Gasteiger partial charge in [-0.25, -0.2) is 22.2 Å². The number of sulfonamides is 1. The van der Waals surface area contributed by atoms with Gasteiger partial charge in [-0.15, -0.1) is 0 Å². The van der Waals surface area contributed by atoms with E-state index in [1.54, 1.807) is 21.9 Å². The van der Waals surface area contributed by atoms with E-state index in [2.05, 4.69) is 10.3 Å². The molecule has 47 heavy (non-hydrogen) atoms. The first kappa shape index (κ1) is 35.4. The summed E-state index contributed by atoms with van der Waals surface area (Å²) in [6.45, 7) is 2.58. The summed E-state index contributed by atoms with van der Waals surface area (Å²) in [5.74, 6) is -4.48. The number of anilines is 2. The molecule has 0 radical (unpaired) electrons. The summed E-state index contributed by atoms with van der Waals surface area (Å²) in [6, 6.07) is 8.40. The highest BCUT2D eigenvalue weighted by molar-refractivity contribution is 7.89. The van der Waals surface area contributed by atoms with E-state index in [1.807, 2.05) is 0 Å². The molecular formula is C31H42ClF2N7O5S. The van der Waals surface area contributed by atoms with Gasteiger partial charge < -0.3 is 31.3 Å². The first-order valence-corrected chi connectivity index (χ1v) is 17.7. The number of alkyl halides is 2. The lowest BCUT2D eigenvalue weighted by Crippen LogP contribution is -2.49. The van der Waals surface area contributed by atoms with E-state index in [1.165, 1.54) is 28.6 Å². The predicted molar refractivity (Wildman–Crippen MR) is 174 cm³/mol. The van der Waals surface area contributed by atoms with Crippen molar-refractivity contribution in [3.63, 3.8) is 0 Å². The van der Waals surface area contributed by atoms with E-state index in [9.17, 15) is 18.0 Å². The summed E-state index contributed by atoms with van der Waals surface area (Å²) in [7, 11) is -3.83. The van der Waals surface area contributed by atoms with Crippen LogP contribution in [0, 0.1) is 11.8 Å². The molecule has 0 unspecified atom stereocenters. The molecule has 3 aliphatic rings. The maximum absolute atomic E-state index is 15.8. The van der Waals surface area contributed by atoms with Crippen LogP contribution in [0.1, 0.15) is 37.7 Å². The maximum atomic E-state index is 15.8. The van der Waals surface area contributed by atoms with Crippen molar-refractivity contribution in [2.24, 2.45) is 23.3 Å². The monoisotopic (exact) mass is 697 g/mol. The van der Waals surface area contributed by atoms with Crippen LogP contribution in [0.3, 0.4) is 0 Å². The lowest BCUT2D eigenvalue weighted by Gasteiger charge is -2.36. The second kappa shape index (κ2) is 15.1. The molecule has 2 aliphatic heterocycles. The van der Waals surface area contributed by atoms with Gasteiger partial charge in [-0.05, 0) is 62.1 Å². The number of amides is 2. The SMILES string of the molecule is NCCOCCNC(=O)C1CCC(C(F)(F)c2cc(Cl)nc(N3CCN(S(=O)(=O)c4ccc(N5C[C@H](N)CC5=O)cc4)CC3)c2)CC1. The number of aromatic nitrogens is 1. The minimum absolute atomic E-state index is 0.0744. The number of hydrogen-bond acceptors (Lipinski definition) is 9. The van der Waals surface area contributed by atoms with Gasteiger partial charge in [0.25, 0.3) is 5.92 Å². The Labute approximate surface area is 278 Å². The number of carbonyl (C=O) groups is 2. The van der Waals surface area contributed by atoms with E-state index >= 15 is 8.78 Å². The molecule has 3 heterocycles. The number of nitrogens with one attached hydrogen (secondary N) is 1. The fraction of sp³-hybridized carbons (Fsp3) is 0.581. The minimum atomic E-state index is -3.83. The second-order valence-corrected chi connectivity index (χ2v) is 14.6. The van der Waals surface area contributed by atoms with Gasteiger partial charge in [-0.2, -0.15) is 4.31 Å². The molecule has 3 fully saturated rings. The van der Waals surface area contributed by atoms with E-state index in [4.69, 9.17) is 27.8 Å². The standard InChI is InChI=1S/C31H42ClF2N7O5S/c32-27-17-23(31(33,34)22-3-1-21(2-4-22)30(43)37-10-16-46-15-9-35)18-28(38-27)39-11-13-40(14-12-39)47(44,45)26-7-5-25(6-8-26)41-20-24(36)19-29(41)42/h5-8,17-18,21-22,24H,1-4,9-16,19-20,35-36H2,(H,37,43)/t21?,22?,24-/m1/s1. The molecule has 2 amide bonds. The zero-order chi connectivity index (χ0) is 33.8. The van der Waals surface area contributed by atoms with Gasteiger partial charge in [0.15, 0.2) is 0 Å². The predicted octanol–water partition coefficient (Wildman–Crippen LogP) is 2.30. The van der Waals surface area contributed by atoms with Crippen molar-refractivity contribution in [2.75, 3.05) is 68.8 Å². The van der Waals surface area contributed by atoms with Crippen molar-refractivity contribution in [2.45, 2.75) is 49.0 Å². The molecule has 1 aromatic heterocycles. The number of hydrogen-bond donors (Lipinski definition) is 3. The lowest BCUT2D eigenvalue weighted by atomic mass is 9.77. The Kier molecular flexibility index (Phi) is 11.3. The Bertz CT molecular complexity index is 1520. The molecule has 1 saturated carbocycles. The molecule has 5 N–H and O–H groups in total. The van der Waals surface area contributed by atoms with Crippen molar-refractivity contribution < 1.29 is 31.5 Å². The smallest absolute Gasteiger partial charge is 0.276 e. The van der Waals surface area contributed by atoms with Gasteiger partial charge in [0.1, 0.15) is 11.0 Å². The van der Waals surface area contributed by atoms with Crippen LogP contribution in [0.4, 0.5) is 20.3 Å². The number of piperazine rings is 1. The van der Waals surface area contributed by atoms with Gasteiger partial charge in [-0.3, -0.25) is 9.59 Å². The molecule has 5 rings (SSSR count). The van der Waals surface area contributed by atoms with Crippen LogP contribution >= 0.6 is 11.6 Å². The summed E-state index contributed by atoms with van der Waals surface area (Å²) >= 11 is 6.24. The summed E-state index contributed by atoms with van der Waals surface area (Å²) < 4.78 is 65.1. The summed E-state index contributed by atoms with van der Waals surface area (Å²) in [5.41, 5.74) is 11.6. The first-order valence-electron chi connectivity index (χ1n) is 15.9. The highest BCUT2D eigenvalue weighted by atomic mass is 35.5. The first-order chi connectivity index (χ1) is 22.4. The van der Waals surface area contributed by atoms with Crippen LogP contribution in [0.15, 0.2) is 41.3 Å². The number of ether oxygens (including phenoxy) is 1. The van der Waals surface area contributed by atoms with Crippen molar-refractivity contribution in [3.05, 3.63) is 47.1 Å². The van der Waals surface area contributed by atoms with Gasteiger partial charge >= 0.3 is 0 Å². The van der Waals surface area contributed by atoms with Gasteiger partial charge in [0, 0.05) is 81.4 Å². The molecule has 1 atom stereocenters. The molecule has 2 aromatic rings. The topological polar surface area (TPSA) is 164 Å². The zero-order valence-electron chi connectivity index (χ0n) is 26.1. The largest absolute Gasteiger partial charge is 0.378 e. The van der Waals surface area contributed by atoms with E-state index in [0.29, 0.717) is 51.4 Å². The Morgan fingerprint density at radius 1 is 1.06 bits per heavy atom. The third-order valence-corrected chi connectivity index (χ3v) is 11.2. The summed E-state index contributed by atoms with van der Waals surface area (Å²) in [5, 5.41) is 2.73. The molecule has 16 heteroatoms. The molecular weight excluding hydrogens is 656 g/mol. The Hall–Kier alpha value is -2.95. The van der Waals surface area contributed by atoms with Crippen molar-refractivity contribution in [3.8, 4) is 0 Å². The van der Waals surface area contributed by atoms with E-state index in [-0.39, 0.29) is 90.6 Å². The molecule has 12 nitrogen and oxygen atoms in total. The van der Waals surface area contributed by atoms with Crippen LogP contribution in [0.2, 0.25) is 5.15 Å².